The second-order valence-corrected chi connectivity index (χ2v) is 10.2. The highest BCUT2D eigenvalue weighted by Crippen LogP contribution is 2.42. The minimum absolute atomic E-state index is 0.00610. The van der Waals surface area contributed by atoms with Gasteiger partial charge in [-0.15, -0.1) is 0 Å². The lowest BCUT2D eigenvalue weighted by molar-refractivity contribution is 0.0662. The van der Waals surface area contributed by atoms with E-state index in [1.165, 1.54) is 17.0 Å². The van der Waals surface area contributed by atoms with Gasteiger partial charge in [-0.1, -0.05) is 23.8 Å². The van der Waals surface area contributed by atoms with Crippen molar-refractivity contribution in [3.8, 4) is 5.75 Å². The molecule has 2 unspecified atom stereocenters. The molecule has 0 radical (unpaired) electrons. The standard InChI is InChI=1S/C22H19NO6S/c1-12-5-6-17-16(9-12)20(25)18-19(13-3-2-4-15(24)10-13)23(22(26)21(18)29-17)14-7-8-30(27,28)11-14/h2-6,9-10,14,19,24H,7-8,11H2,1H3. The Balaban J connectivity index is 1.78. The van der Waals surface area contributed by atoms with Crippen LogP contribution in [0.4, 0.5) is 0 Å². The Labute approximate surface area is 172 Å². The van der Waals surface area contributed by atoms with Gasteiger partial charge < -0.3 is 14.4 Å². The molecular formula is C22H19NO6S. The lowest BCUT2D eigenvalue weighted by Crippen LogP contribution is -2.40. The molecule has 30 heavy (non-hydrogen) atoms. The molecule has 8 heteroatoms. The first-order chi connectivity index (χ1) is 14.2. The van der Waals surface area contributed by atoms with Crippen LogP contribution in [0.15, 0.2) is 51.7 Å². The van der Waals surface area contributed by atoms with Gasteiger partial charge in [0.15, 0.2) is 15.3 Å². The predicted molar refractivity (Wildman–Crippen MR) is 110 cm³/mol. The highest BCUT2D eigenvalue weighted by atomic mass is 32.2. The zero-order chi connectivity index (χ0) is 21.2. The predicted octanol–water partition coefficient (Wildman–Crippen LogP) is 2.54. The molecule has 0 aliphatic carbocycles. The number of sulfone groups is 1. The van der Waals surface area contributed by atoms with Crippen molar-refractivity contribution < 1.29 is 22.7 Å². The van der Waals surface area contributed by atoms with E-state index >= 15 is 0 Å². The van der Waals surface area contributed by atoms with Gasteiger partial charge in [0.2, 0.25) is 5.76 Å². The van der Waals surface area contributed by atoms with Gasteiger partial charge in [-0.25, -0.2) is 8.42 Å². The lowest BCUT2D eigenvalue weighted by Gasteiger charge is -2.30. The molecule has 154 valence electrons. The van der Waals surface area contributed by atoms with Gasteiger partial charge in [0.25, 0.3) is 5.91 Å². The van der Waals surface area contributed by atoms with Crippen molar-refractivity contribution in [2.45, 2.75) is 25.4 Å². The van der Waals surface area contributed by atoms with E-state index in [0.29, 0.717) is 23.0 Å². The van der Waals surface area contributed by atoms with Crippen molar-refractivity contribution in [2.24, 2.45) is 0 Å². The van der Waals surface area contributed by atoms with Gasteiger partial charge in [0.05, 0.1) is 28.5 Å². The summed E-state index contributed by atoms with van der Waals surface area (Å²) in [6.07, 6.45) is 0.296. The first kappa shape index (κ1) is 18.9. The van der Waals surface area contributed by atoms with Crippen LogP contribution < -0.4 is 5.43 Å². The molecule has 1 saturated heterocycles. The molecule has 1 amide bonds. The van der Waals surface area contributed by atoms with Gasteiger partial charge in [-0.2, -0.15) is 0 Å². The van der Waals surface area contributed by atoms with Crippen LogP contribution in [0.2, 0.25) is 0 Å². The number of phenolic OH excluding ortho intramolecular Hbond substituents is 1. The maximum absolute atomic E-state index is 13.5. The van der Waals surface area contributed by atoms with Gasteiger partial charge in [-0.05, 0) is 43.2 Å². The highest BCUT2D eigenvalue weighted by Gasteiger charge is 2.48. The number of carbonyl (C=O) groups excluding carboxylic acids is 1. The van der Waals surface area contributed by atoms with Gasteiger partial charge in [0, 0.05) is 6.04 Å². The molecule has 3 heterocycles. The third kappa shape index (κ3) is 2.82. The zero-order valence-electron chi connectivity index (χ0n) is 16.2. The van der Waals surface area contributed by atoms with E-state index in [1.54, 1.807) is 30.3 Å². The van der Waals surface area contributed by atoms with Crippen molar-refractivity contribution >= 4 is 26.7 Å². The number of nitrogens with zero attached hydrogens (tertiary/aromatic N) is 1. The molecule has 2 aromatic carbocycles. The molecule has 1 N–H and O–H groups in total. The van der Waals surface area contributed by atoms with Crippen molar-refractivity contribution in [1.29, 1.82) is 0 Å². The van der Waals surface area contributed by atoms with E-state index in [1.807, 2.05) is 6.92 Å². The van der Waals surface area contributed by atoms with Gasteiger partial charge in [0.1, 0.15) is 11.3 Å². The van der Waals surface area contributed by atoms with Gasteiger partial charge >= 0.3 is 0 Å². The first-order valence-corrected chi connectivity index (χ1v) is 11.5. The summed E-state index contributed by atoms with van der Waals surface area (Å²) in [5, 5.41) is 10.4. The number of rotatable bonds is 2. The Morgan fingerprint density at radius 3 is 2.63 bits per heavy atom. The average Bonchev–Trinajstić information content (AvgIpc) is 3.19. The van der Waals surface area contributed by atoms with E-state index in [4.69, 9.17) is 4.42 Å². The normalized spacial score (nSPS) is 22.6. The zero-order valence-corrected chi connectivity index (χ0v) is 17.0. The lowest BCUT2D eigenvalue weighted by atomic mass is 9.97. The van der Waals surface area contributed by atoms with E-state index in [0.717, 1.165) is 5.56 Å². The third-order valence-corrected chi connectivity index (χ3v) is 7.60. The Kier molecular flexibility index (Phi) is 4.05. The molecule has 0 bridgehead atoms. The monoisotopic (exact) mass is 425 g/mol. The summed E-state index contributed by atoms with van der Waals surface area (Å²) in [6, 6.07) is 10.1. The first-order valence-electron chi connectivity index (χ1n) is 9.64. The SMILES string of the molecule is Cc1ccc2oc3c(c(=O)c2c1)C(c1cccc(O)c1)N(C1CCS(=O)(=O)C1)C3=O. The summed E-state index contributed by atoms with van der Waals surface area (Å²) >= 11 is 0. The molecule has 3 aromatic rings. The molecule has 2 atom stereocenters. The van der Waals surface area contributed by atoms with E-state index < -0.39 is 27.8 Å². The molecule has 2 aliphatic rings. The van der Waals surface area contributed by atoms with E-state index in [9.17, 15) is 23.1 Å². The summed E-state index contributed by atoms with van der Waals surface area (Å²) in [6.45, 7) is 1.86. The maximum Gasteiger partial charge on any atom is 0.291 e. The van der Waals surface area contributed by atoms with Gasteiger partial charge in [-0.3, -0.25) is 9.59 Å². The Morgan fingerprint density at radius 1 is 1.13 bits per heavy atom. The minimum Gasteiger partial charge on any atom is -0.508 e. The molecule has 0 saturated carbocycles. The maximum atomic E-state index is 13.5. The number of benzene rings is 2. The third-order valence-electron chi connectivity index (χ3n) is 5.85. The Morgan fingerprint density at radius 2 is 1.93 bits per heavy atom. The second-order valence-electron chi connectivity index (χ2n) is 7.94. The molecule has 2 aliphatic heterocycles. The largest absolute Gasteiger partial charge is 0.508 e. The Hall–Kier alpha value is -3.13. The van der Waals surface area contributed by atoms with Crippen molar-refractivity contribution in [2.75, 3.05) is 11.5 Å². The summed E-state index contributed by atoms with van der Waals surface area (Å²) in [4.78, 5) is 28.3. The Bertz CT molecular complexity index is 1370. The molecule has 0 spiro atoms. The van der Waals surface area contributed by atoms with Crippen LogP contribution in [0.25, 0.3) is 11.0 Å². The fourth-order valence-corrected chi connectivity index (χ4v) is 6.21. The van der Waals surface area contributed by atoms with Crippen molar-refractivity contribution in [1.82, 2.24) is 4.90 Å². The number of hydrogen-bond acceptors (Lipinski definition) is 6. The topological polar surface area (TPSA) is 105 Å². The van der Waals surface area contributed by atoms with Crippen LogP contribution in [0.5, 0.6) is 5.75 Å². The molecule has 1 fully saturated rings. The minimum atomic E-state index is -3.26. The van der Waals surface area contributed by atoms with Crippen molar-refractivity contribution in [3.05, 3.63) is 75.1 Å². The van der Waals surface area contributed by atoms with Crippen LogP contribution >= 0.6 is 0 Å². The molecule has 7 nitrogen and oxygen atoms in total. The summed E-state index contributed by atoms with van der Waals surface area (Å²) in [7, 11) is -3.26. The summed E-state index contributed by atoms with van der Waals surface area (Å²) < 4.78 is 30.1. The van der Waals surface area contributed by atoms with Crippen LogP contribution in [0, 0.1) is 6.92 Å². The number of fused-ring (bicyclic) bond motifs is 2. The molecular weight excluding hydrogens is 406 g/mol. The van der Waals surface area contributed by atoms with E-state index in [2.05, 4.69) is 0 Å². The highest BCUT2D eigenvalue weighted by molar-refractivity contribution is 7.91. The van der Waals surface area contributed by atoms with Crippen LogP contribution in [-0.2, 0) is 9.84 Å². The fourth-order valence-electron chi connectivity index (χ4n) is 4.50. The molecule has 5 rings (SSSR count). The number of carbonyl (C=O) groups is 1. The second kappa shape index (κ2) is 6.43. The van der Waals surface area contributed by atoms with Crippen LogP contribution in [-0.4, -0.2) is 41.9 Å². The average molecular weight is 425 g/mol. The summed E-state index contributed by atoms with van der Waals surface area (Å²) in [5.74, 6) is -0.732. The number of amides is 1. The smallest absolute Gasteiger partial charge is 0.291 e. The number of aromatic hydroxyl groups is 1. The summed E-state index contributed by atoms with van der Waals surface area (Å²) in [5.41, 5.74) is 1.60. The van der Waals surface area contributed by atoms with Crippen LogP contribution in [0.3, 0.4) is 0 Å². The fraction of sp³-hybridized carbons (Fsp3) is 0.273. The number of hydrogen-bond donors (Lipinski definition) is 1. The quantitative estimate of drug-likeness (QED) is 0.677. The molecule has 1 aromatic heterocycles. The van der Waals surface area contributed by atoms with Crippen molar-refractivity contribution in [3.63, 3.8) is 0 Å². The van der Waals surface area contributed by atoms with E-state index in [-0.39, 0.29) is 34.0 Å². The van der Waals surface area contributed by atoms with Crippen LogP contribution in [0.1, 0.15) is 39.7 Å². The number of aryl methyl sites for hydroxylation is 1. The number of phenols is 1.